The first-order valence-corrected chi connectivity index (χ1v) is 6.96. The van der Waals surface area contributed by atoms with Crippen molar-refractivity contribution in [1.29, 1.82) is 0 Å². The van der Waals surface area contributed by atoms with Crippen LogP contribution < -0.4 is 16.6 Å². The van der Waals surface area contributed by atoms with E-state index in [1.807, 2.05) is 26.1 Å². The molecule has 0 bridgehead atoms. The van der Waals surface area contributed by atoms with Crippen LogP contribution >= 0.6 is 0 Å². The number of carbonyl (C=O) groups excluding carboxylic acids is 1. The van der Waals surface area contributed by atoms with E-state index >= 15 is 0 Å². The molecule has 112 valence electrons. The van der Waals surface area contributed by atoms with Crippen LogP contribution in [-0.4, -0.2) is 22.6 Å². The summed E-state index contributed by atoms with van der Waals surface area (Å²) in [5.41, 5.74) is 7.21. The van der Waals surface area contributed by atoms with Crippen LogP contribution in [0.15, 0.2) is 24.4 Å². The van der Waals surface area contributed by atoms with Crippen LogP contribution in [0.1, 0.15) is 33.6 Å². The number of amides is 1. The number of nitrogens with zero attached hydrogens (tertiary/aromatic N) is 1. The van der Waals surface area contributed by atoms with E-state index in [-0.39, 0.29) is 5.91 Å². The van der Waals surface area contributed by atoms with Gasteiger partial charge in [0, 0.05) is 23.5 Å². The number of carbonyl (C=O) groups is 1. The van der Waals surface area contributed by atoms with Crippen molar-refractivity contribution < 1.29 is 4.79 Å². The predicted octanol–water partition coefficient (Wildman–Crippen LogP) is 1.67. The molecule has 0 unspecified atom stereocenters. The van der Waals surface area contributed by atoms with E-state index in [1.165, 1.54) is 5.56 Å². The molecule has 0 radical (unpaired) electrons. The summed E-state index contributed by atoms with van der Waals surface area (Å²) in [5, 5.41) is 9.83. The Kier molecular flexibility index (Phi) is 4.94. The number of nitrogens with two attached hydrogens (primary N) is 1. The highest BCUT2D eigenvalue weighted by Crippen LogP contribution is 2.14. The van der Waals surface area contributed by atoms with Crippen LogP contribution in [0.3, 0.4) is 0 Å². The molecule has 6 nitrogen and oxygen atoms in total. The number of aromatic nitrogens is 2. The molecular formula is C15H21N5O. The van der Waals surface area contributed by atoms with Gasteiger partial charge >= 0.3 is 0 Å². The predicted molar refractivity (Wildman–Crippen MR) is 83.0 cm³/mol. The number of aromatic amines is 1. The SMILES string of the molecule is Cc1cc(NN)ccc1C(=O)NCCCc1cn[nH]c1C. The van der Waals surface area contributed by atoms with Crippen molar-refractivity contribution in [2.24, 2.45) is 5.84 Å². The van der Waals surface area contributed by atoms with Gasteiger partial charge in [-0.15, -0.1) is 0 Å². The normalized spacial score (nSPS) is 10.4. The number of rotatable bonds is 6. The third-order valence-corrected chi connectivity index (χ3v) is 3.48. The molecule has 1 aromatic carbocycles. The minimum absolute atomic E-state index is 0.0556. The van der Waals surface area contributed by atoms with Gasteiger partial charge in [0.15, 0.2) is 0 Å². The van der Waals surface area contributed by atoms with Gasteiger partial charge in [0.2, 0.25) is 0 Å². The molecule has 0 saturated carbocycles. The molecule has 0 aliphatic rings. The van der Waals surface area contributed by atoms with Crippen LogP contribution in [0.5, 0.6) is 0 Å². The molecule has 0 atom stereocenters. The van der Waals surface area contributed by atoms with Crippen LogP contribution in [0.25, 0.3) is 0 Å². The van der Waals surface area contributed by atoms with E-state index in [0.29, 0.717) is 12.1 Å². The summed E-state index contributed by atoms with van der Waals surface area (Å²) >= 11 is 0. The Morgan fingerprint density at radius 3 is 2.81 bits per heavy atom. The molecule has 0 saturated heterocycles. The first-order chi connectivity index (χ1) is 10.1. The summed E-state index contributed by atoms with van der Waals surface area (Å²) in [4.78, 5) is 12.1. The fourth-order valence-corrected chi connectivity index (χ4v) is 2.21. The molecule has 0 fully saturated rings. The zero-order valence-corrected chi connectivity index (χ0v) is 12.4. The van der Waals surface area contributed by atoms with Gasteiger partial charge in [-0.25, -0.2) is 0 Å². The zero-order chi connectivity index (χ0) is 15.2. The second kappa shape index (κ2) is 6.90. The van der Waals surface area contributed by atoms with E-state index in [4.69, 9.17) is 5.84 Å². The first-order valence-electron chi connectivity index (χ1n) is 6.96. The van der Waals surface area contributed by atoms with E-state index < -0.39 is 0 Å². The lowest BCUT2D eigenvalue weighted by Crippen LogP contribution is -2.25. The Balaban J connectivity index is 1.83. The van der Waals surface area contributed by atoms with Gasteiger partial charge < -0.3 is 10.7 Å². The Morgan fingerprint density at radius 1 is 1.38 bits per heavy atom. The minimum atomic E-state index is -0.0556. The number of aryl methyl sites for hydroxylation is 3. The van der Waals surface area contributed by atoms with E-state index in [2.05, 4.69) is 20.9 Å². The maximum Gasteiger partial charge on any atom is 0.251 e. The van der Waals surface area contributed by atoms with Crippen molar-refractivity contribution >= 4 is 11.6 Å². The molecule has 2 aromatic rings. The number of benzene rings is 1. The average Bonchev–Trinajstić information content (AvgIpc) is 2.88. The second-order valence-electron chi connectivity index (χ2n) is 5.05. The summed E-state index contributed by atoms with van der Waals surface area (Å²) in [5.74, 6) is 5.29. The molecule has 1 aromatic heterocycles. The van der Waals surface area contributed by atoms with E-state index in [0.717, 1.165) is 29.8 Å². The van der Waals surface area contributed by atoms with Crippen molar-refractivity contribution in [3.63, 3.8) is 0 Å². The van der Waals surface area contributed by atoms with Gasteiger partial charge in [-0.3, -0.25) is 15.7 Å². The topological polar surface area (TPSA) is 95.8 Å². The largest absolute Gasteiger partial charge is 0.352 e. The summed E-state index contributed by atoms with van der Waals surface area (Å²) in [6.45, 7) is 4.53. The molecule has 1 heterocycles. The quantitative estimate of drug-likeness (QED) is 0.369. The molecule has 5 N–H and O–H groups in total. The van der Waals surface area contributed by atoms with E-state index in [9.17, 15) is 4.79 Å². The molecule has 6 heteroatoms. The lowest BCUT2D eigenvalue weighted by atomic mass is 10.1. The highest BCUT2D eigenvalue weighted by atomic mass is 16.1. The lowest BCUT2D eigenvalue weighted by Gasteiger charge is -2.09. The van der Waals surface area contributed by atoms with Crippen molar-refractivity contribution in [3.05, 3.63) is 46.8 Å². The molecular weight excluding hydrogens is 266 g/mol. The lowest BCUT2D eigenvalue weighted by molar-refractivity contribution is 0.0952. The Labute approximate surface area is 124 Å². The van der Waals surface area contributed by atoms with Crippen LogP contribution in [0.2, 0.25) is 0 Å². The van der Waals surface area contributed by atoms with Gasteiger partial charge in [0.1, 0.15) is 0 Å². The minimum Gasteiger partial charge on any atom is -0.352 e. The fourth-order valence-electron chi connectivity index (χ4n) is 2.21. The standard InChI is InChI=1S/C15H21N5O/c1-10-8-13(19-16)5-6-14(10)15(21)17-7-3-4-12-9-18-20-11(12)2/h5-6,8-9,19H,3-4,7,16H2,1-2H3,(H,17,21)(H,18,20). The number of hydrogen-bond acceptors (Lipinski definition) is 4. The molecule has 2 rings (SSSR count). The molecule has 1 amide bonds. The van der Waals surface area contributed by atoms with Gasteiger partial charge in [-0.05, 0) is 56.0 Å². The monoisotopic (exact) mass is 287 g/mol. The average molecular weight is 287 g/mol. The molecule has 0 spiro atoms. The number of nitrogens with one attached hydrogen (secondary N) is 3. The van der Waals surface area contributed by atoms with Crippen LogP contribution in [0.4, 0.5) is 5.69 Å². The zero-order valence-electron chi connectivity index (χ0n) is 12.4. The first kappa shape index (κ1) is 15.1. The number of H-pyrrole nitrogens is 1. The van der Waals surface area contributed by atoms with Crippen LogP contribution in [0, 0.1) is 13.8 Å². The number of hydrogen-bond donors (Lipinski definition) is 4. The van der Waals surface area contributed by atoms with Crippen molar-refractivity contribution in [2.45, 2.75) is 26.7 Å². The van der Waals surface area contributed by atoms with Gasteiger partial charge in [-0.2, -0.15) is 5.10 Å². The summed E-state index contributed by atoms with van der Waals surface area (Å²) < 4.78 is 0. The van der Waals surface area contributed by atoms with Crippen molar-refractivity contribution in [3.8, 4) is 0 Å². The number of hydrazine groups is 1. The third kappa shape index (κ3) is 3.82. The summed E-state index contributed by atoms with van der Waals surface area (Å²) in [6.07, 6.45) is 3.62. The van der Waals surface area contributed by atoms with Crippen molar-refractivity contribution in [2.75, 3.05) is 12.0 Å². The Bertz CT molecular complexity index is 620. The highest BCUT2D eigenvalue weighted by Gasteiger charge is 2.09. The molecule has 0 aliphatic carbocycles. The smallest absolute Gasteiger partial charge is 0.251 e. The summed E-state index contributed by atoms with van der Waals surface area (Å²) in [6, 6.07) is 5.42. The van der Waals surface area contributed by atoms with Crippen LogP contribution in [-0.2, 0) is 6.42 Å². The Morgan fingerprint density at radius 2 is 2.19 bits per heavy atom. The second-order valence-corrected chi connectivity index (χ2v) is 5.05. The van der Waals surface area contributed by atoms with Gasteiger partial charge in [0.25, 0.3) is 5.91 Å². The van der Waals surface area contributed by atoms with Gasteiger partial charge in [-0.1, -0.05) is 0 Å². The molecule has 0 aliphatic heterocycles. The maximum absolute atomic E-state index is 12.1. The van der Waals surface area contributed by atoms with Crippen molar-refractivity contribution in [1.82, 2.24) is 15.5 Å². The number of nitrogen functional groups attached to an aromatic ring is 1. The fraction of sp³-hybridized carbons (Fsp3) is 0.333. The third-order valence-electron chi connectivity index (χ3n) is 3.48. The van der Waals surface area contributed by atoms with Gasteiger partial charge in [0.05, 0.1) is 6.20 Å². The maximum atomic E-state index is 12.1. The Hall–Kier alpha value is -2.34. The van der Waals surface area contributed by atoms with E-state index in [1.54, 1.807) is 12.1 Å². The highest BCUT2D eigenvalue weighted by molar-refractivity contribution is 5.96. The molecule has 21 heavy (non-hydrogen) atoms. The summed E-state index contributed by atoms with van der Waals surface area (Å²) in [7, 11) is 0. The number of anilines is 1.